The highest BCUT2D eigenvalue weighted by atomic mass is 19.2. The number of allylic oxidation sites excluding steroid dienone is 1. The fourth-order valence-corrected chi connectivity index (χ4v) is 2.59. The number of rotatable bonds is 4. The number of hydrogen-bond donors (Lipinski definition) is 2. The van der Waals surface area contributed by atoms with Crippen molar-refractivity contribution in [3.8, 4) is 28.6 Å². The van der Waals surface area contributed by atoms with Crippen molar-refractivity contribution in [2.75, 3.05) is 0 Å². The van der Waals surface area contributed by atoms with Crippen molar-refractivity contribution in [1.82, 2.24) is 9.13 Å². The van der Waals surface area contributed by atoms with Gasteiger partial charge in [0.05, 0.1) is 5.69 Å². The maximum Gasteiger partial charge on any atom is 0.336 e. The summed E-state index contributed by atoms with van der Waals surface area (Å²) in [5, 5.41) is 20.0. The fraction of sp³-hybridized carbons (Fsp3) is 0.0556. The lowest BCUT2D eigenvalue weighted by molar-refractivity contribution is 0.441. The van der Waals surface area contributed by atoms with E-state index in [2.05, 4.69) is 6.58 Å². The third-order valence-electron chi connectivity index (χ3n) is 3.73. The van der Waals surface area contributed by atoms with Gasteiger partial charge in [0.25, 0.3) is 0 Å². The quantitative estimate of drug-likeness (QED) is 0.715. The van der Waals surface area contributed by atoms with E-state index in [-0.39, 0.29) is 23.7 Å². The van der Waals surface area contributed by atoms with Crippen molar-refractivity contribution in [3.63, 3.8) is 0 Å². The average Bonchev–Trinajstić information content (AvgIpc) is 2.82. The summed E-state index contributed by atoms with van der Waals surface area (Å²) in [6.07, 6.45) is 1.47. The average molecular weight is 344 g/mol. The zero-order valence-electron chi connectivity index (χ0n) is 13.0. The summed E-state index contributed by atoms with van der Waals surface area (Å²) in [5.74, 6) is -2.59. The molecule has 0 saturated heterocycles. The molecule has 0 bridgehead atoms. The normalized spacial score (nSPS) is 10.8. The Bertz CT molecular complexity index is 1000. The maximum absolute atomic E-state index is 13.5. The Balaban J connectivity index is 2.29. The monoisotopic (exact) mass is 344 g/mol. The minimum atomic E-state index is -1.13. The van der Waals surface area contributed by atoms with Gasteiger partial charge in [-0.1, -0.05) is 6.08 Å². The fourth-order valence-electron chi connectivity index (χ4n) is 2.59. The number of aromatic nitrogens is 2. The van der Waals surface area contributed by atoms with Crippen molar-refractivity contribution < 1.29 is 19.0 Å². The van der Waals surface area contributed by atoms with E-state index in [0.717, 1.165) is 16.7 Å². The molecule has 3 aromatic rings. The second kappa shape index (κ2) is 6.27. The van der Waals surface area contributed by atoms with Crippen LogP contribution in [0.15, 0.2) is 59.9 Å². The van der Waals surface area contributed by atoms with E-state index in [1.807, 2.05) is 0 Å². The molecule has 0 unspecified atom stereocenters. The molecule has 0 amide bonds. The molecule has 0 radical (unpaired) electrons. The predicted octanol–water partition coefficient (Wildman–Crippen LogP) is 3.18. The van der Waals surface area contributed by atoms with Gasteiger partial charge in [-0.3, -0.25) is 4.57 Å². The number of imidazole rings is 1. The maximum atomic E-state index is 13.5. The Morgan fingerprint density at radius 1 is 1.04 bits per heavy atom. The van der Waals surface area contributed by atoms with E-state index in [0.29, 0.717) is 5.56 Å². The van der Waals surface area contributed by atoms with Crippen molar-refractivity contribution in [3.05, 3.63) is 77.2 Å². The smallest absolute Gasteiger partial charge is 0.336 e. The van der Waals surface area contributed by atoms with Gasteiger partial charge < -0.3 is 10.2 Å². The van der Waals surface area contributed by atoms with E-state index in [4.69, 9.17) is 0 Å². The molecular weight excluding hydrogens is 330 g/mol. The number of nitrogens with zero attached hydrogens (tertiary/aromatic N) is 2. The molecule has 5 nitrogen and oxygen atoms in total. The highest BCUT2D eigenvalue weighted by molar-refractivity contribution is 5.67. The molecule has 3 rings (SSSR count). The van der Waals surface area contributed by atoms with Gasteiger partial charge in [0.1, 0.15) is 11.4 Å². The van der Waals surface area contributed by atoms with E-state index < -0.39 is 23.2 Å². The molecule has 0 saturated carbocycles. The number of aromatic hydroxyl groups is 2. The Labute approximate surface area is 141 Å². The molecule has 0 aliphatic rings. The van der Waals surface area contributed by atoms with Crippen LogP contribution in [-0.4, -0.2) is 19.3 Å². The van der Waals surface area contributed by atoms with Crippen molar-refractivity contribution >= 4 is 0 Å². The summed E-state index contributed by atoms with van der Waals surface area (Å²) in [7, 11) is 0. The summed E-state index contributed by atoms with van der Waals surface area (Å²) in [4.78, 5) is 12.7. The van der Waals surface area contributed by atoms with Crippen molar-refractivity contribution in [2.24, 2.45) is 0 Å². The first-order valence-corrected chi connectivity index (χ1v) is 7.34. The van der Waals surface area contributed by atoms with Crippen LogP contribution < -0.4 is 5.69 Å². The molecule has 7 heteroatoms. The second-order valence-electron chi connectivity index (χ2n) is 5.33. The third-order valence-corrected chi connectivity index (χ3v) is 3.73. The van der Waals surface area contributed by atoms with E-state index in [1.165, 1.54) is 41.0 Å². The van der Waals surface area contributed by atoms with Gasteiger partial charge >= 0.3 is 5.69 Å². The minimum absolute atomic E-state index is 0.00996. The third kappa shape index (κ3) is 2.80. The highest BCUT2D eigenvalue weighted by Crippen LogP contribution is 2.31. The van der Waals surface area contributed by atoms with E-state index >= 15 is 0 Å². The van der Waals surface area contributed by atoms with Crippen LogP contribution in [0.25, 0.3) is 16.9 Å². The first-order chi connectivity index (χ1) is 11.9. The zero-order chi connectivity index (χ0) is 18.1. The largest absolute Gasteiger partial charge is 0.508 e. The Morgan fingerprint density at radius 3 is 2.32 bits per heavy atom. The molecular formula is C18H14F2N2O3. The van der Waals surface area contributed by atoms with E-state index in [1.54, 1.807) is 0 Å². The first kappa shape index (κ1) is 16.5. The minimum Gasteiger partial charge on any atom is -0.508 e. The molecule has 0 spiro atoms. The molecule has 128 valence electrons. The van der Waals surface area contributed by atoms with E-state index in [9.17, 15) is 23.8 Å². The Hall–Kier alpha value is -3.35. The predicted molar refractivity (Wildman–Crippen MR) is 88.9 cm³/mol. The zero-order valence-corrected chi connectivity index (χ0v) is 13.0. The van der Waals surface area contributed by atoms with Crippen LogP contribution in [0.1, 0.15) is 0 Å². The topological polar surface area (TPSA) is 67.4 Å². The molecule has 1 heterocycles. The van der Waals surface area contributed by atoms with Gasteiger partial charge in [-0.05, 0) is 36.4 Å². The number of phenolic OH excluding ortho intramolecular Hbond substituents is 1. The summed E-state index contributed by atoms with van der Waals surface area (Å²) in [6, 6.07) is 8.77. The molecule has 0 aliphatic heterocycles. The first-order valence-electron chi connectivity index (χ1n) is 7.34. The number of halogens is 2. The molecule has 25 heavy (non-hydrogen) atoms. The van der Waals surface area contributed by atoms with Crippen molar-refractivity contribution in [2.45, 2.75) is 6.54 Å². The Morgan fingerprint density at radius 2 is 1.72 bits per heavy atom. The molecule has 1 aromatic heterocycles. The summed E-state index contributed by atoms with van der Waals surface area (Å²) in [6.45, 7) is 3.68. The van der Waals surface area contributed by atoms with Crippen LogP contribution in [0.2, 0.25) is 0 Å². The lowest BCUT2D eigenvalue weighted by Crippen LogP contribution is -2.23. The van der Waals surface area contributed by atoms with Gasteiger partial charge in [0.2, 0.25) is 5.88 Å². The number of benzene rings is 2. The molecule has 2 N–H and O–H groups in total. The molecule has 2 aromatic carbocycles. The summed E-state index contributed by atoms with van der Waals surface area (Å²) in [5.41, 5.74) is 0.000871. The van der Waals surface area contributed by atoms with Crippen LogP contribution in [0.5, 0.6) is 11.6 Å². The van der Waals surface area contributed by atoms with Crippen molar-refractivity contribution in [1.29, 1.82) is 0 Å². The van der Waals surface area contributed by atoms with Crippen LogP contribution in [0.3, 0.4) is 0 Å². The highest BCUT2D eigenvalue weighted by Gasteiger charge is 2.22. The molecule has 0 fully saturated rings. The lowest BCUT2D eigenvalue weighted by Gasteiger charge is -2.06. The van der Waals surface area contributed by atoms with Gasteiger partial charge in [-0.2, -0.15) is 0 Å². The van der Waals surface area contributed by atoms with Crippen LogP contribution >= 0.6 is 0 Å². The second-order valence-corrected chi connectivity index (χ2v) is 5.33. The Kier molecular flexibility index (Phi) is 4.14. The molecule has 0 atom stereocenters. The van der Waals surface area contributed by atoms with Crippen LogP contribution in [0, 0.1) is 11.6 Å². The van der Waals surface area contributed by atoms with Gasteiger partial charge in [-0.15, -0.1) is 6.58 Å². The summed E-state index contributed by atoms with van der Waals surface area (Å²) < 4.78 is 28.8. The van der Waals surface area contributed by atoms with Crippen LogP contribution in [-0.2, 0) is 6.54 Å². The van der Waals surface area contributed by atoms with Gasteiger partial charge in [-0.25, -0.2) is 18.1 Å². The van der Waals surface area contributed by atoms with Gasteiger partial charge in [0.15, 0.2) is 11.6 Å². The number of phenols is 1. The standard InChI is InChI=1S/C18H14F2N2O3/c1-2-9-21-16(11-3-6-13(23)7-4-11)17(24)22(18(21)25)12-5-8-14(19)15(20)10-12/h2-8,10,23-24H,1,9H2. The lowest BCUT2D eigenvalue weighted by atomic mass is 10.1. The van der Waals surface area contributed by atoms with Gasteiger partial charge in [0, 0.05) is 18.2 Å². The molecule has 0 aliphatic carbocycles. The number of hydrogen-bond acceptors (Lipinski definition) is 3. The SMILES string of the molecule is C=CCn1c(-c2ccc(O)cc2)c(O)n(-c2ccc(F)c(F)c2)c1=O. The van der Waals surface area contributed by atoms with Crippen LogP contribution in [0.4, 0.5) is 8.78 Å². The summed E-state index contributed by atoms with van der Waals surface area (Å²) >= 11 is 0.